The molecule has 0 radical (unpaired) electrons. The zero-order valence-corrected chi connectivity index (χ0v) is 12.4. The summed E-state index contributed by atoms with van der Waals surface area (Å²) >= 11 is 0. The van der Waals surface area contributed by atoms with Gasteiger partial charge in [0.2, 0.25) is 11.1 Å². The van der Waals surface area contributed by atoms with E-state index < -0.39 is 11.7 Å². The molecule has 0 atom stereocenters. The van der Waals surface area contributed by atoms with E-state index >= 15 is 0 Å². The number of alkyl halides is 3. The molecule has 3 nitrogen and oxygen atoms in total. The van der Waals surface area contributed by atoms with Gasteiger partial charge in [-0.3, -0.25) is 4.79 Å². The number of para-hydroxylation sites is 1. The fourth-order valence-corrected chi connectivity index (χ4v) is 2.89. The van der Waals surface area contributed by atoms with Gasteiger partial charge in [0, 0.05) is 5.39 Å². The average molecular weight is 329 g/mol. The Balaban J connectivity index is 2.19. The van der Waals surface area contributed by atoms with E-state index in [0.717, 1.165) is 12.1 Å². The highest BCUT2D eigenvalue weighted by Crippen LogP contribution is 2.33. The molecule has 4 rings (SSSR count). The highest BCUT2D eigenvalue weighted by Gasteiger charge is 2.31. The van der Waals surface area contributed by atoms with Crippen LogP contribution in [0.1, 0.15) is 11.1 Å². The monoisotopic (exact) mass is 329 g/mol. The van der Waals surface area contributed by atoms with Gasteiger partial charge in [-0.1, -0.05) is 12.1 Å². The molecule has 0 bridgehead atoms. The molecule has 0 saturated heterocycles. The molecular formula is C18H10F3NO2. The van der Waals surface area contributed by atoms with E-state index in [2.05, 4.69) is 4.98 Å². The maximum Gasteiger partial charge on any atom is 0.416 e. The minimum absolute atomic E-state index is 0.128. The molecule has 0 N–H and O–H groups in total. The molecule has 24 heavy (non-hydrogen) atoms. The highest BCUT2D eigenvalue weighted by molar-refractivity contribution is 5.98. The fraction of sp³-hybridized carbons (Fsp3) is 0.111. The van der Waals surface area contributed by atoms with Crippen molar-refractivity contribution in [2.75, 3.05) is 0 Å². The summed E-state index contributed by atoms with van der Waals surface area (Å²) in [5.41, 5.74) is 0.240. The van der Waals surface area contributed by atoms with Crippen LogP contribution in [0.2, 0.25) is 0 Å². The molecule has 0 aliphatic rings. The molecule has 4 aromatic rings. The van der Waals surface area contributed by atoms with Crippen LogP contribution in [-0.2, 0) is 6.18 Å². The number of rotatable bonds is 0. The fourth-order valence-electron chi connectivity index (χ4n) is 2.89. The predicted molar refractivity (Wildman–Crippen MR) is 85.0 cm³/mol. The van der Waals surface area contributed by atoms with Crippen LogP contribution in [0.15, 0.2) is 51.7 Å². The van der Waals surface area contributed by atoms with E-state index in [1.165, 1.54) is 6.07 Å². The number of nitrogens with zero attached hydrogens (tertiary/aromatic N) is 1. The van der Waals surface area contributed by atoms with Gasteiger partial charge in [-0.2, -0.15) is 13.2 Å². The van der Waals surface area contributed by atoms with Crippen LogP contribution >= 0.6 is 0 Å². The Hall–Kier alpha value is -2.89. The summed E-state index contributed by atoms with van der Waals surface area (Å²) in [6.45, 7) is 1.61. The Kier molecular flexibility index (Phi) is 2.94. The lowest BCUT2D eigenvalue weighted by molar-refractivity contribution is -0.137. The van der Waals surface area contributed by atoms with Gasteiger partial charge in [0.15, 0.2) is 0 Å². The Morgan fingerprint density at radius 1 is 1.04 bits per heavy atom. The van der Waals surface area contributed by atoms with Gasteiger partial charge in [-0.15, -0.1) is 0 Å². The van der Waals surface area contributed by atoms with Crippen molar-refractivity contribution in [3.05, 3.63) is 63.8 Å². The largest absolute Gasteiger partial charge is 0.437 e. The van der Waals surface area contributed by atoms with Crippen LogP contribution in [0, 0.1) is 6.92 Å². The van der Waals surface area contributed by atoms with E-state index in [0.29, 0.717) is 27.4 Å². The van der Waals surface area contributed by atoms with Gasteiger partial charge in [0.1, 0.15) is 5.58 Å². The number of hydrogen-bond donors (Lipinski definition) is 0. The van der Waals surface area contributed by atoms with Crippen LogP contribution in [0.5, 0.6) is 0 Å². The smallest absolute Gasteiger partial charge is 0.416 e. The summed E-state index contributed by atoms with van der Waals surface area (Å²) in [4.78, 5) is 17.0. The number of fused-ring (bicyclic) bond motifs is 3. The second kappa shape index (κ2) is 4.80. The number of aryl methyl sites for hydroxylation is 1. The van der Waals surface area contributed by atoms with Gasteiger partial charge < -0.3 is 4.42 Å². The SMILES string of the molecule is Cc1c2cc(C(F)(F)F)ccc2nc2oc3ccccc3c(=O)c12. The average Bonchev–Trinajstić information content (AvgIpc) is 2.54. The molecule has 0 aliphatic carbocycles. The first kappa shape index (κ1) is 14.7. The van der Waals surface area contributed by atoms with Gasteiger partial charge in [0.25, 0.3) is 0 Å². The zero-order valence-electron chi connectivity index (χ0n) is 12.4. The topological polar surface area (TPSA) is 43.1 Å². The first-order chi connectivity index (χ1) is 11.4. The number of pyridine rings is 1. The van der Waals surface area contributed by atoms with Crippen molar-refractivity contribution in [1.29, 1.82) is 0 Å². The summed E-state index contributed by atoms with van der Waals surface area (Å²) in [6.07, 6.45) is -4.45. The van der Waals surface area contributed by atoms with E-state index in [9.17, 15) is 18.0 Å². The lowest BCUT2D eigenvalue weighted by Crippen LogP contribution is -2.07. The normalized spacial score (nSPS) is 12.3. The van der Waals surface area contributed by atoms with Gasteiger partial charge >= 0.3 is 6.18 Å². The van der Waals surface area contributed by atoms with Crippen molar-refractivity contribution in [1.82, 2.24) is 4.98 Å². The molecule has 2 aromatic heterocycles. The van der Waals surface area contributed by atoms with Crippen LogP contribution in [0.3, 0.4) is 0 Å². The van der Waals surface area contributed by atoms with E-state index in [4.69, 9.17) is 4.42 Å². The molecule has 2 heterocycles. The number of aromatic nitrogens is 1. The third-order valence-electron chi connectivity index (χ3n) is 4.10. The number of benzene rings is 2. The Morgan fingerprint density at radius 2 is 1.79 bits per heavy atom. The van der Waals surface area contributed by atoms with Gasteiger partial charge in [-0.25, -0.2) is 4.98 Å². The number of halogens is 3. The molecule has 0 fully saturated rings. The highest BCUT2D eigenvalue weighted by atomic mass is 19.4. The Morgan fingerprint density at radius 3 is 2.54 bits per heavy atom. The quantitative estimate of drug-likeness (QED) is 0.434. The molecule has 0 unspecified atom stereocenters. The van der Waals surface area contributed by atoms with Crippen molar-refractivity contribution < 1.29 is 17.6 Å². The van der Waals surface area contributed by atoms with Gasteiger partial charge in [-0.05, 0) is 42.8 Å². The lowest BCUT2D eigenvalue weighted by Gasteiger charge is -2.10. The summed E-state index contributed by atoms with van der Waals surface area (Å²) < 4.78 is 44.5. The third-order valence-corrected chi connectivity index (χ3v) is 4.10. The molecule has 120 valence electrons. The van der Waals surface area contributed by atoms with E-state index in [1.807, 2.05) is 0 Å². The van der Waals surface area contributed by atoms with Crippen LogP contribution in [0.4, 0.5) is 13.2 Å². The van der Waals surface area contributed by atoms with Crippen LogP contribution < -0.4 is 5.43 Å². The van der Waals surface area contributed by atoms with E-state index in [1.54, 1.807) is 31.2 Å². The molecule has 0 amide bonds. The second-order valence-corrected chi connectivity index (χ2v) is 5.57. The van der Waals surface area contributed by atoms with Crippen molar-refractivity contribution >= 4 is 33.0 Å². The molecular weight excluding hydrogens is 319 g/mol. The van der Waals surface area contributed by atoms with Crippen molar-refractivity contribution in [2.24, 2.45) is 0 Å². The first-order valence-corrected chi connectivity index (χ1v) is 7.19. The molecule has 0 aliphatic heterocycles. The van der Waals surface area contributed by atoms with Gasteiger partial charge in [0.05, 0.1) is 21.9 Å². The molecule has 0 spiro atoms. The number of hydrogen-bond acceptors (Lipinski definition) is 3. The van der Waals surface area contributed by atoms with Crippen molar-refractivity contribution in [3.63, 3.8) is 0 Å². The van der Waals surface area contributed by atoms with Crippen molar-refractivity contribution in [2.45, 2.75) is 13.1 Å². The summed E-state index contributed by atoms with van der Waals surface area (Å²) in [6, 6.07) is 10.0. The lowest BCUT2D eigenvalue weighted by atomic mass is 10.0. The Bertz CT molecular complexity index is 1180. The van der Waals surface area contributed by atoms with E-state index in [-0.39, 0.29) is 16.5 Å². The summed E-state index contributed by atoms with van der Waals surface area (Å²) in [5.74, 6) is 0. The molecule has 6 heteroatoms. The molecule has 2 aromatic carbocycles. The van der Waals surface area contributed by atoms with Crippen LogP contribution in [-0.4, -0.2) is 4.98 Å². The minimum Gasteiger partial charge on any atom is -0.437 e. The Labute approximate surface area is 133 Å². The second-order valence-electron chi connectivity index (χ2n) is 5.57. The van der Waals surface area contributed by atoms with Crippen LogP contribution in [0.25, 0.3) is 33.0 Å². The standard InChI is InChI=1S/C18H10F3NO2/c1-9-12-8-10(18(19,20)21)6-7-13(12)22-17-15(9)16(23)11-4-2-3-5-14(11)24-17/h2-8H,1H3. The maximum atomic E-state index is 12.9. The zero-order chi connectivity index (χ0) is 17.1. The third kappa shape index (κ3) is 2.06. The predicted octanol–water partition coefficient (Wildman–Crippen LogP) is 4.82. The maximum absolute atomic E-state index is 12.9. The summed E-state index contributed by atoms with van der Waals surface area (Å²) in [7, 11) is 0. The molecule has 0 saturated carbocycles. The summed E-state index contributed by atoms with van der Waals surface area (Å²) in [5, 5.41) is 0.877. The minimum atomic E-state index is -4.45. The first-order valence-electron chi connectivity index (χ1n) is 7.19. The van der Waals surface area contributed by atoms with Crippen molar-refractivity contribution in [3.8, 4) is 0 Å².